The second-order valence-electron chi connectivity index (χ2n) is 3.30. The zero-order chi connectivity index (χ0) is 11.7. The average molecular weight is 347 g/mol. The van der Waals surface area contributed by atoms with Crippen LogP contribution in [0.4, 0.5) is 0 Å². The van der Waals surface area contributed by atoms with Gasteiger partial charge in [-0.05, 0) is 43.5 Å². The molecule has 0 radical (unpaired) electrons. The van der Waals surface area contributed by atoms with Crippen molar-refractivity contribution in [1.29, 1.82) is 0 Å². The third kappa shape index (κ3) is 2.16. The molecular weight excluding hydrogens is 338 g/mol. The third-order valence-corrected chi connectivity index (χ3v) is 3.20. The fourth-order valence-electron chi connectivity index (χ4n) is 1.43. The molecule has 0 aromatic carbocycles. The number of hydrogen-bond donors (Lipinski definition) is 1. The van der Waals surface area contributed by atoms with Crippen LogP contribution in [0.5, 0.6) is 0 Å². The van der Waals surface area contributed by atoms with Crippen LogP contribution < -0.4 is 5.73 Å². The lowest BCUT2D eigenvalue weighted by Crippen LogP contribution is -2.16. The SMILES string of the molecule is Cn1nnc(Br)c1C(N)c1cncc(Br)c1. The van der Waals surface area contributed by atoms with Crippen LogP contribution in [0.2, 0.25) is 0 Å². The third-order valence-electron chi connectivity index (χ3n) is 2.21. The molecule has 0 saturated carbocycles. The maximum absolute atomic E-state index is 6.14. The number of pyridine rings is 1. The number of aromatic nitrogens is 4. The molecule has 0 saturated heterocycles. The highest BCUT2D eigenvalue weighted by atomic mass is 79.9. The second-order valence-corrected chi connectivity index (χ2v) is 4.97. The first-order chi connectivity index (χ1) is 7.59. The van der Waals surface area contributed by atoms with Gasteiger partial charge in [0.1, 0.15) is 0 Å². The van der Waals surface area contributed by atoms with Crippen molar-refractivity contribution in [1.82, 2.24) is 20.0 Å². The molecule has 2 rings (SSSR count). The van der Waals surface area contributed by atoms with Gasteiger partial charge in [-0.15, -0.1) is 5.10 Å². The van der Waals surface area contributed by atoms with Crippen molar-refractivity contribution < 1.29 is 0 Å². The summed E-state index contributed by atoms with van der Waals surface area (Å²) in [5.74, 6) is 0. The lowest BCUT2D eigenvalue weighted by Gasteiger charge is -2.12. The van der Waals surface area contributed by atoms with Gasteiger partial charge in [0.25, 0.3) is 0 Å². The van der Waals surface area contributed by atoms with Crippen LogP contribution in [0.3, 0.4) is 0 Å². The van der Waals surface area contributed by atoms with Crippen LogP contribution in [0.15, 0.2) is 27.5 Å². The van der Waals surface area contributed by atoms with Gasteiger partial charge in [-0.2, -0.15) is 0 Å². The van der Waals surface area contributed by atoms with Crippen LogP contribution in [0, 0.1) is 0 Å². The maximum atomic E-state index is 6.14. The molecule has 0 aliphatic carbocycles. The molecule has 2 N–H and O–H groups in total. The molecule has 0 aliphatic heterocycles. The summed E-state index contributed by atoms with van der Waals surface area (Å²) < 4.78 is 3.20. The van der Waals surface area contributed by atoms with E-state index in [9.17, 15) is 0 Å². The summed E-state index contributed by atoms with van der Waals surface area (Å²) in [6.45, 7) is 0. The first kappa shape index (κ1) is 11.7. The van der Waals surface area contributed by atoms with E-state index in [1.54, 1.807) is 24.1 Å². The Hall–Kier alpha value is -0.790. The van der Waals surface area contributed by atoms with Crippen molar-refractivity contribution in [3.63, 3.8) is 0 Å². The topological polar surface area (TPSA) is 69.6 Å². The highest BCUT2D eigenvalue weighted by Crippen LogP contribution is 2.25. The number of nitrogens with zero attached hydrogens (tertiary/aromatic N) is 4. The molecule has 2 heterocycles. The summed E-state index contributed by atoms with van der Waals surface area (Å²) >= 11 is 6.69. The average Bonchev–Trinajstić information content (AvgIpc) is 2.58. The minimum atomic E-state index is -0.306. The van der Waals surface area contributed by atoms with Gasteiger partial charge in [0, 0.05) is 23.9 Å². The molecule has 7 heteroatoms. The summed E-state index contributed by atoms with van der Waals surface area (Å²) in [6.07, 6.45) is 3.45. The summed E-state index contributed by atoms with van der Waals surface area (Å²) in [5.41, 5.74) is 7.86. The largest absolute Gasteiger partial charge is 0.319 e. The van der Waals surface area contributed by atoms with Crippen LogP contribution in [-0.4, -0.2) is 20.0 Å². The Labute approximate surface area is 109 Å². The smallest absolute Gasteiger partial charge is 0.153 e. The first-order valence-corrected chi connectivity index (χ1v) is 6.09. The predicted molar refractivity (Wildman–Crippen MR) is 66.7 cm³/mol. The quantitative estimate of drug-likeness (QED) is 0.899. The minimum Gasteiger partial charge on any atom is -0.319 e. The lowest BCUT2D eigenvalue weighted by atomic mass is 10.1. The summed E-state index contributed by atoms with van der Waals surface area (Å²) in [4.78, 5) is 4.08. The molecular formula is C9H9Br2N5. The van der Waals surface area contributed by atoms with Crippen molar-refractivity contribution >= 4 is 31.9 Å². The van der Waals surface area contributed by atoms with Crippen molar-refractivity contribution in [3.8, 4) is 0 Å². The fourth-order valence-corrected chi connectivity index (χ4v) is 2.38. The highest BCUT2D eigenvalue weighted by molar-refractivity contribution is 9.10. The molecule has 2 aromatic rings. The molecule has 0 aliphatic rings. The Balaban J connectivity index is 2.43. The summed E-state index contributed by atoms with van der Waals surface area (Å²) in [5, 5.41) is 7.80. The number of aryl methyl sites for hydroxylation is 1. The monoisotopic (exact) mass is 345 g/mol. The van der Waals surface area contributed by atoms with Crippen LogP contribution in [0.25, 0.3) is 0 Å². The normalized spacial score (nSPS) is 12.8. The van der Waals surface area contributed by atoms with Crippen molar-refractivity contribution in [2.45, 2.75) is 6.04 Å². The summed E-state index contributed by atoms with van der Waals surface area (Å²) in [6, 6.07) is 1.62. The molecule has 16 heavy (non-hydrogen) atoms. The minimum absolute atomic E-state index is 0.306. The summed E-state index contributed by atoms with van der Waals surface area (Å²) in [7, 11) is 1.80. The predicted octanol–water partition coefficient (Wildman–Crippen LogP) is 1.78. The van der Waals surface area contributed by atoms with Crippen LogP contribution in [-0.2, 0) is 7.05 Å². The zero-order valence-corrected chi connectivity index (χ0v) is 11.6. The second kappa shape index (κ2) is 4.60. The Morgan fingerprint density at radius 2 is 2.12 bits per heavy atom. The van der Waals surface area contributed by atoms with Gasteiger partial charge in [-0.3, -0.25) is 4.98 Å². The molecule has 84 valence electrons. The van der Waals surface area contributed by atoms with E-state index < -0.39 is 0 Å². The van der Waals surface area contributed by atoms with Gasteiger partial charge in [0.2, 0.25) is 0 Å². The molecule has 2 aromatic heterocycles. The van der Waals surface area contributed by atoms with Gasteiger partial charge in [-0.1, -0.05) is 5.21 Å². The number of rotatable bonds is 2. The van der Waals surface area contributed by atoms with E-state index in [0.29, 0.717) is 4.60 Å². The standard InChI is InChI=1S/C9H9Br2N5/c1-16-8(9(11)14-15-16)7(12)5-2-6(10)4-13-3-5/h2-4,7H,12H2,1H3. The van der Waals surface area contributed by atoms with Crippen molar-refractivity contribution in [3.05, 3.63) is 38.8 Å². The van der Waals surface area contributed by atoms with Crippen molar-refractivity contribution in [2.75, 3.05) is 0 Å². The van der Waals surface area contributed by atoms with E-state index in [4.69, 9.17) is 5.73 Å². The van der Waals surface area contributed by atoms with E-state index >= 15 is 0 Å². The number of halogens is 2. The number of hydrogen-bond acceptors (Lipinski definition) is 4. The van der Waals surface area contributed by atoms with Gasteiger partial charge in [-0.25, -0.2) is 4.68 Å². The zero-order valence-electron chi connectivity index (χ0n) is 8.43. The van der Waals surface area contributed by atoms with E-state index in [-0.39, 0.29) is 6.04 Å². The van der Waals surface area contributed by atoms with E-state index in [1.807, 2.05) is 6.07 Å². The Kier molecular flexibility index (Phi) is 3.36. The van der Waals surface area contributed by atoms with E-state index in [2.05, 4.69) is 47.2 Å². The molecule has 0 spiro atoms. The Morgan fingerprint density at radius 3 is 2.69 bits per heavy atom. The first-order valence-electron chi connectivity index (χ1n) is 4.50. The van der Waals surface area contributed by atoms with Gasteiger partial charge in [0.15, 0.2) is 4.60 Å². The fraction of sp³-hybridized carbons (Fsp3) is 0.222. The molecule has 1 unspecified atom stereocenters. The Bertz CT molecular complexity index is 491. The van der Waals surface area contributed by atoms with Gasteiger partial charge >= 0.3 is 0 Å². The van der Waals surface area contributed by atoms with E-state index in [0.717, 1.165) is 15.7 Å². The highest BCUT2D eigenvalue weighted by Gasteiger charge is 2.18. The molecule has 0 amide bonds. The Morgan fingerprint density at radius 1 is 1.38 bits per heavy atom. The molecule has 5 nitrogen and oxygen atoms in total. The number of nitrogens with two attached hydrogens (primary N) is 1. The maximum Gasteiger partial charge on any atom is 0.153 e. The van der Waals surface area contributed by atoms with Crippen molar-refractivity contribution in [2.24, 2.45) is 12.8 Å². The van der Waals surface area contributed by atoms with Crippen LogP contribution >= 0.6 is 31.9 Å². The van der Waals surface area contributed by atoms with E-state index in [1.165, 1.54) is 0 Å². The lowest BCUT2D eigenvalue weighted by molar-refractivity contribution is 0.650. The molecule has 0 bridgehead atoms. The molecule has 1 atom stereocenters. The molecule has 0 fully saturated rings. The van der Waals surface area contributed by atoms with Crippen LogP contribution in [0.1, 0.15) is 17.3 Å². The van der Waals surface area contributed by atoms with Gasteiger partial charge in [0.05, 0.1) is 11.7 Å². The van der Waals surface area contributed by atoms with Gasteiger partial charge < -0.3 is 5.73 Å².